The number of benzene rings is 1. The van der Waals surface area contributed by atoms with Gasteiger partial charge in [0, 0.05) is 25.7 Å². The summed E-state index contributed by atoms with van der Waals surface area (Å²) in [6.45, 7) is 0. The molecular weight excluding hydrogens is 328 g/mol. The van der Waals surface area contributed by atoms with Gasteiger partial charge >= 0.3 is 0 Å². The summed E-state index contributed by atoms with van der Waals surface area (Å²) in [5.74, 6) is -0.00512. The molecule has 1 aromatic rings. The van der Waals surface area contributed by atoms with Gasteiger partial charge in [-0.05, 0) is 31.0 Å². The number of carbonyl (C=O) groups is 1. The normalized spacial score (nSPS) is 16.7. The highest BCUT2D eigenvalue weighted by Crippen LogP contribution is 2.27. The van der Waals surface area contributed by atoms with Gasteiger partial charge in [-0.1, -0.05) is 25.7 Å². The first-order valence-electron chi connectivity index (χ1n) is 8.27. The lowest BCUT2D eigenvalue weighted by atomic mass is 10.1. The second-order valence-electron chi connectivity index (χ2n) is 6.32. The van der Waals surface area contributed by atoms with Crippen molar-refractivity contribution in [3.05, 3.63) is 23.8 Å². The van der Waals surface area contributed by atoms with Crippen LogP contribution in [0, 0.1) is 0 Å². The molecule has 0 aromatic heterocycles. The van der Waals surface area contributed by atoms with E-state index in [0.29, 0.717) is 5.56 Å². The standard InChI is InChI=1S/C17H26N2O4S/c1-19(2)24(21,22)16-12-13(10-11-15(16)23-3)17(20)18-14-8-6-4-5-7-9-14/h10-12,14H,4-9H2,1-3H3,(H,18,20). The predicted molar refractivity (Wildman–Crippen MR) is 92.8 cm³/mol. The molecule has 0 atom stereocenters. The molecule has 1 N–H and O–H groups in total. The number of nitrogens with one attached hydrogen (secondary N) is 1. The quantitative estimate of drug-likeness (QED) is 0.824. The minimum absolute atomic E-state index is 0.00326. The lowest BCUT2D eigenvalue weighted by molar-refractivity contribution is 0.0933. The Labute approximate surface area is 144 Å². The van der Waals surface area contributed by atoms with Gasteiger partial charge in [-0.15, -0.1) is 0 Å². The fraction of sp³-hybridized carbons (Fsp3) is 0.588. The summed E-state index contributed by atoms with van der Waals surface area (Å²) in [6.07, 6.45) is 6.61. The van der Waals surface area contributed by atoms with Crippen molar-refractivity contribution in [1.29, 1.82) is 0 Å². The van der Waals surface area contributed by atoms with E-state index in [1.165, 1.54) is 46.2 Å². The Morgan fingerprint density at radius 1 is 1.17 bits per heavy atom. The molecule has 6 nitrogen and oxygen atoms in total. The molecule has 0 spiro atoms. The van der Waals surface area contributed by atoms with Crippen LogP contribution in [0.5, 0.6) is 5.75 Å². The van der Waals surface area contributed by atoms with Crippen molar-refractivity contribution in [3.8, 4) is 5.75 Å². The highest BCUT2D eigenvalue weighted by molar-refractivity contribution is 7.89. The van der Waals surface area contributed by atoms with E-state index in [-0.39, 0.29) is 22.6 Å². The number of carbonyl (C=O) groups excluding carboxylic acids is 1. The Morgan fingerprint density at radius 2 is 1.79 bits per heavy atom. The zero-order valence-electron chi connectivity index (χ0n) is 14.5. The van der Waals surface area contributed by atoms with Gasteiger partial charge in [0.1, 0.15) is 10.6 Å². The molecular formula is C17H26N2O4S. The lowest BCUT2D eigenvalue weighted by Crippen LogP contribution is -2.34. The molecule has 2 rings (SSSR count). The van der Waals surface area contributed by atoms with Gasteiger partial charge in [-0.2, -0.15) is 0 Å². The van der Waals surface area contributed by atoms with E-state index in [2.05, 4.69) is 5.32 Å². The molecule has 134 valence electrons. The van der Waals surface area contributed by atoms with Gasteiger partial charge in [0.15, 0.2) is 0 Å². The molecule has 24 heavy (non-hydrogen) atoms. The number of sulfonamides is 1. The predicted octanol–water partition coefficient (Wildman–Crippen LogP) is 2.40. The summed E-state index contributed by atoms with van der Waals surface area (Å²) in [7, 11) is 0.629. The fourth-order valence-corrected chi connectivity index (χ4v) is 3.98. The fourth-order valence-electron chi connectivity index (χ4n) is 2.91. The van der Waals surface area contributed by atoms with Crippen molar-refractivity contribution in [2.24, 2.45) is 0 Å². The van der Waals surface area contributed by atoms with Crippen LogP contribution < -0.4 is 10.1 Å². The molecule has 0 aliphatic heterocycles. The van der Waals surface area contributed by atoms with Crippen molar-refractivity contribution in [1.82, 2.24) is 9.62 Å². The van der Waals surface area contributed by atoms with E-state index in [1.807, 2.05) is 0 Å². The number of rotatable bonds is 5. The highest BCUT2D eigenvalue weighted by Gasteiger charge is 2.24. The molecule has 0 radical (unpaired) electrons. The van der Waals surface area contributed by atoms with Crippen molar-refractivity contribution in [2.45, 2.75) is 49.5 Å². The summed E-state index contributed by atoms with van der Waals surface area (Å²) in [5.41, 5.74) is 0.334. The van der Waals surface area contributed by atoms with Gasteiger partial charge < -0.3 is 10.1 Å². The SMILES string of the molecule is COc1ccc(C(=O)NC2CCCCCC2)cc1S(=O)(=O)N(C)C. The zero-order valence-corrected chi connectivity index (χ0v) is 15.4. The van der Waals surface area contributed by atoms with Crippen LogP contribution in [-0.2, 0) is 10.0 Å². The van der Waals surface area contributed by atoms with Crippen molar-refractivity contribution in [2.75, 3.05) is 21.2 Å². The molecule has 1 aromatic carbocycles. The topological polar surface area (TPSA) is 75.7 Å². The summed E-state index contributed by atoms with van der Waals surface area (Å²) in [6, 6.07) is 4.68. The smallest absolute Gasteiger partial charge is 0.251 e. The van der Waals surface area contributed by atoms with E-state index in [4.69, 9.17) is 4.74 Å². The molecule has 7 heteroatoms. The van der Waals surface area contributed by atoms with Gasteiger partial charge in [0.25, 0.3) is 5.91 Å². The molecule has 1 saturated carbocycles. The molecule has 0 heterocycles. The number of hydrogen-bond donors (Lipinski definition) is 1. The van der Waals surface area contributed by atoms with Crippen molar-refractivity contribution < 1.29 is 17.9 Å². The van der Waals surface area contributed by atoms with Crippen LogP contribution in [-0.4, -0.2) is 45.9 Å². The largest absolute Gasteiger partial charge is 0.495 e. The highest BCUT2D eigenvalue weighted by atomic mass is 32.2. The maximum Gasteiger partial charge on any atom is 0.251 e. The number of methoxy groups -OCH3 is 1. The number of amides is 1. The number of hydrogen-bond acceptors (Lipinski definition) is 4. The second kappa shape index (κ2) is 7.98. The average molecular weight is 354 g/mol. The summed E-state index contributed by atoms with van der Waals surface area (Å²) < 4.78 is 31.1. The molecule has 1 amide bonds. The Morgan fingerprint density at radius 3 is 2.33 bits per heavy atom. The van der Waals surface area contributed by atoms with E-state index >= 15 is 0 Å². The Bertz CT molecular complexity index is 678. The summed E-state index contributed by atoms with van der Waals surface area (Å²) >= 11 is 0. The number of nitrogens with zero attached hydrogens (tertiary/aromatic N) is 1. The van der Waals surface area contributed by atoms with Gasteiger partial charge in [-0.25, -0.2) is 12.7 Å². The van der Waals surface area contributed by atoms with Crippen molar-refractivity contribution in [3.63, 3.8) is 0 Å². The molecule has 1 aliphatic rings. The summed E-state index contributed by atoms with van der Waals surface area (Å²) in [4.78, 5) is 12.5. The third-order valence-corrected chi connectivity index (χ3v) is 6.21. The molecule has 0 bridgehead atoms. The first-order chi connectivity index (χ1) is 11.4. The maximum atomic E-state index is 12.5. The van der Waals surface area contributed by atoms with Gasteiger partial charge in [0.05, 0.1) is 7.11 Å². The molecule has 0 unspecified atom stereocenters. The van der Waals surface area contributed by atoms with Crippen LogP contribution in [0.4, 0.5) is 0 Å². The first kappa shape index (κ1) is 18.7. The van der Waals surface area contributed by atoms with Crippen molar-refractivity contribution >= 4 is 15.9 Å². The summed E-state index contributed by atoms with van der Waals surface area (Å²) in [5, 5.41) is 3.03. The van der Waals surface area contributed by atoms with Crippen LogP contribution in [0.2, 0.25) is 0 Å². The Kier molecular flexibility index (Phi) is 6.23. The minimum Gasteiger partial charge on any atom is -0.495 e. The van der Waals surface area contributed by atoms with Crippen LogP contribution >= 0.6 is 0 Å². The minimum atomic E-state index is -3.69. The van der Waals surface area contributed by atoms with Crippen LogP contribution in [0.15, 0.2) is 23.1 Å². The first-order valence-corrected chi connectivity index (χ1v) is 9.71. The Balaban J connectivity index is 2.26. The monoisotopic (exact) mass is 354 g/mol. The molecule has 0 saturated heterocycles. The average Bonchev–Trinajstić information content (AvgIpc) is 2.82. The van der Waals surface area contributed by atoms with Crippen LogP contribution in [0.25, 0.3) is 0 Å². The number of ether oxygens (including phenoxy) is 1. The Hall–Kier alpha value is -1.60. The maximum absolute atomic E-state index is 12.5. The second-order valence-corrected chi connectivity index (χ2v) is 8.44. The van der Waals surface area contributed by atoms with E-state index in [1.54, 1.807) is 6.07 Å². The molecule has 1 fully saturated rings. The molecule has 1 aliphatic carbocycles. The van der Waals surface area contributed by atoms with Gasteiger partial charge in [0.2, 0.25) is 10.0 Å². The lowest BCUT2D eigenvalue weighted by Gasteiger charge is -2.18. The van der Waals surface area contributed by atoms with E-state index in [0.717, 1.165) is 30.0 Å². The van der Waals surface area contributed by atoms with Crippen LogP contribution in [0.1, 0.15) is 48.9 Å². The van der Waals surface area contributed by atoms with E-state index < -0.39 is 10.0 Å². The third-order valence-electron chi connectivity index (χ3n) is 4.37. The van der Waals surface area contributed by atoms with Crippen LogP contribution in [0.3, 0.4) is 0 Å². The van der Waals surface area contributed by atoms with E-state index in [9.17, 15) is 13.2 Å². The van der Waals surface area contributed by atoms with Gasteiger partial charge in [-0.3, -0.25) is 4.79 Å². The zero-order chi connectivity index (χ0) is 17.7. The third kappa shape index (κ3) is 4.27.